The van der Waals surface area contributed by atoms with Gasteiger partial charge >= 0.3 is 6.09 Å². The van der Waals surface area contributed by atoms with Crippen LogP contribution < -0.4 is 5.73 Å². The summed E-state index contributed by atoms with van der Waals surface area (Å²) in [5, 5.41) is 6.23. The fourth-order valence-corrected chi connectivity index (χ4v) is 3.81. The van der Waals surface area contributed by atoms with Crippen LogP contribution in [-0.2, 0) is 4.74 Å². The third-order valence-corrected chi connectivity index (χ3v) is 5.16. The Morgan fingerprint density at radius 1 is 1.31 bits per heavy atom. The second-order valence-corrected chi connectivity index (χ2v) is 6.94. The molecule has 9 heteroatoms. The van der Waals surface area contributed by atoms with Gasteiger partial charge in [0.15, 0.2) is 5.65 Å². The third kappa shape index (κ3) is 2.94. The van der Waals surface area contributed by atoms with Crippen molar-refractivity contribution >= 4 is 34.7 Å². The van der Waals surface area contributed by atoms with Crippen molar-refractivity contribution in [2.75, 3.05) is 25.4 Å². The maximum Gasteiger partial charge on any atom is 0.409 e. The summed E-state index contributed by atoms with van der Waals surface area (Å²) < 4.78 is 6.87. The number of aromatic nitrogens is 4. The Labute approximate surface area is 154 Å². The highest BCUT2D eigenvalue weighted by molar-refractivity contribution is 7.99. The van der Waals surface area contributed by atoms with E-state index in [2.05, 4.69) is 9.97 Å². The summed E-state index contributed by atoms with van der Waals surface area (Å²) >= 11 is 1.52. The molecule has 8 nitrogen and oxygen atoms in total. The number of rotatable bonds is 4. The summed E-state index contributed by atoms with van der Waals surface area (Å²) in [6, 6.07) is 10.00. The summed E-state index contributed by atoms with van der Waals surface area (Å²) in [6.45, 7) is 3.24. The molecule has 1 aliphatic rings. The molecule has 0 unspecified atom stereocenters. The van der Waals surface area contributed by atoms with Crippen LogP contribution in [0.2, 0.25) is 0 Å². The smallest absolute Gasteiger partial charge is 0.409 e. The van der Waals surface area contributed by atoms with E-state index >= 15 is 0 Å². The highest BCUT2D eigenvalue weighted by atomic mass is 32.2. The molecule has 2 N–H and O–H groups in total. The number of likely N-dealkylation sites (tertiary alicyclic amines) is 1. The number of ether oxygens (including phenoxy) is 1. The van der Waals surface area contributed by atoms with Gasteiger partial charge in [-0.05, 0) is 19.1 Å². The fraction of sp³-hybridized carbons (Fsp3) is 0.294. The largest absolute Gasteiger partial charge is 0.450 e. The van der Waals surface area contributed by atoms with Gasteiger partial charge in [-0.15, -0.1) is 0 Å². The molecular formula is C17H18N6O2S. The normalized spacial score (nSPS) is 14.4. The van der Waals surface area contributed by atoms with E-state index in [4.69, 9.17) is 15.6 Å². The van der Waals surface area contributed by atoms with Crippen LogP contribution in [0.25, 0.3) is 11.0 Å². The highest BCUT2D eigenvalue weighted by Gasteiger charge is 2.35. The van der Waals surface area contributed by atoms with E-state index in [0.29, 0.717) is 31.2 Å². The lowest BCUT2D eigenvalue weighted by Gasteiger charge is -2.38. The monoisotopic (exact) mass is 370 g/mol. The summed E-state index contributed by atoms with van der Waals surface area (Å²) in [6.07, 6.45) is 1.14. The van der Waals surface area contributed by atoms with Crippen molar-refractivity contribution in [1.82, 2.24) is 24.6 Å². The second kappa shape index (κ2) is 6.83. The molecule has 1 fully saturated rings. The van der Waals surface area contributed by atoms with E-state index < -0.39 is 0 Å². The zero-order chi connectivity index (χ0) is 18.1. The number of amides is 1. The zero-order valence-corrected chi connectivity index (χ0v) is 15.0. The van der Waals surface area contributed by atoms with Crippen LogP contribution in [0.4, 0.5) is 10.6 Å². The number of nitrogens with zero attached hydrogens (tertiary/aromatic N) is 5. The van der Waals surface area contributed by atoms with Gasteiger partial charge in [0.05, 0.1) is 18.0 Å². The molecule has 0 aliphatic carbocycles. The lowest BCUT2D eigenvalue weighted by molar-refractivity contribution is 0.0577. The predicted octanol–water partition coefficient (Wildman–Crippen LogP) is 2.57. The van der Waals surface area contributed by atoms with Gasteiger partial charge in [-0.3, -0.25) is 0 Å². The number of hydrogen-bond donors (Lipinski definition) is 1. The van der Waals surface area contributed by atoms with E-state index in [-0.39, 0.29) is 12.1 Å². The molecule has 4 rings (SSSR count). The van der Waals surface area contributed by atoms with Crippen LogP contribution in [-0.4, -0.2) is 50.4 Å². The first-order chi connectivity index (χ1) is 12.7. The van der Waals surface area contributed by atoms with Crippen molar-refractivity contribution in [3.8, 4) is 0 Å². The Morgan fingerprint density at radius 3 is 2.81 bits per heavy atom. The van der Waals surface area contributed by atoms with Crippen LogP contribution in [0.3, 0.4) is 0 Å². The molecule has 26 heavy (non-hydrogen) atoms. The molecule has 0 saturated carbocycles. The van der Waals surface area contributed by atoms with Gasteiger partial charge in [-0.25, -0.2) is 19.4 Å². The minimum absolute atomic E-state index is 0.0429. The second-order valence-electron chi connectivity index (χ2n) is 5.88. The van der Waals surface area contributed by atoms with Crippen molar-refractivity contribution in [3.05, 3.63) is 36.7 Å². The van der Waals surface area contributed by atoms with Gasteiger partial charge in [-0.2, -0.15) is 5.10 Å². The van der Waals surface area contributed by atoms with Gasteiger partial charge in [0.2, 0.25) is 0 Å². The number of nitrogens with two attached hydrogens (primary N) is 1. The predicted molar refractivity (Wildman–Crippen MR) is 97.9 cm³/mol. The van der Waals surface area contributed by atoms with Crippen LogP contribution >= 0.6 is 11.8 Å². The maximum absolute atomic E-state index is 11.8. The molecule has 1 saturated heterocycles. The quantitative estimate of drug-likeness (QED) is 0.753. The van der Waals surface area contributed by atoms with E-state index in [0.717, 1.165) is 15.3 Å². The van der Waals surface area contributed by atoms with Crippen LogP contribution in [0.5, 0.6) is 0 Å². The van der Waals surface area contributed by atoms with Crippen molar-refractivity contribution < 1.29 is 9.53 Å². The van der Waals surface area contributed by atoms with Gasteiger partial charge in [0, 0.05) is 18.0 Å². The number of fused-ring (bicyclic) bond motifs is 1. The molecule has 1 aromatic carbocycles. The topological polar surface area (TPSA) is 99.2 Å². The summed E-state index contributed by atoms with van der Waals surface area (Å²) in [5.41, 5.74) is 6.78. The Kier molecular flexibility index (Phi) is 4.37. The number of benzene rings is 1. The van der Waals surface area contributed by atoms with E-state index in [9.17, 15) is 4.79 Å². The number of anilines is 1. The molecule has 1 amide bonds. The molecule has 0 atom stereocenters. The Hall–Kier alpha value is -2.81. The molecule has 3 aromatic rings. The minimum atomic E-state index is -0.298. The Bertz CT molecular complexity index is 939. The average molecular weight is 370 g/mol. The number of carbonyl (C=O) groups is 1. The van der Waals surface area contributed by atoms with Crippen LogP contribution in [0.15, 0.2) is 46.6 Å². The van der Waals surface area contributed by atoms with Crippen molar-refractivity contribution in [2.24, 2.45) is 0 Å². The SMILES string of the molecule is CCOC(=O)N1CC(n2nc(Sc3ccccc3)c3c(N)ncnc32)C1. The van der Waals surface area contributed by atoms with Crippen LogP contribution in [0.1, 0.15) is 13.0 Å². The summed E-state index contributed by atoms with van der Waals surface area (Å²) in [4.78, 5) is 23.0. The molecule has 2 aromatic heterocycles. The maximum atomic E-state index is 11.8. The van der Waals surface area contributed by atoms with E-state index in [1.54, 1.807) is 11.8 Å². The van der Waals surface area contributed by atoms with Gasteiger partial charge in [0.1, 0.15) is 17.2 Å². The first-order valence-electron chi connectivity index (χ1n) is 8.30. The van der Waals surface area contributed by atoms with Gasteiger partial charge < -0.3 is 15.4 Å². The van der Waals surface area contributed by atoms with Gasteiger partial charge in [0.25, 0.3) is 0 Å². The lowest BCUT2D eigenvalue weighted by Crippen LogP contribution is -2.51. The first kappa shape index (κ1) is 16.6. The molecule has 3 heterocycles. The van der Waals surface area contributed by atoms with Crippen molar-refractivity contribution in [2.45, 2.75) is 22.9 Å². The summed E-state index contributed by atoms with van der Waals surface area (Å²) in [5.74, 6) is 0.404. The van der Waals surface area contributed by atoms with Crippen molar-refractivity contribution in [3.63, 3.8) is 0 Å². The Morgan fingerprint density at radius 2 is 2.08 bits per heavy atom. The Balaban J connectivity index is 1.64. The number of nitrogen functional groups attached to an aromatic ring is 1. The fourth-order valence-electron chi connectivity index (χ4n) is 2.86. The first-order valence-corrected chi connectivity index (χ1v) is 9.12. The van der Waals surface area contributed by atoms with E-state index in [1.807, 2.05) is 35.0 Å². The van der Waals surface area contributed by atoms with Crippen molar-refractivity contribution in [1.29, 1.82) is 0 Å². The standard InChI is InChI=1S/C17H18N6O2S/c1-2-25-17(24)22-8-11(9-22)23-15-13(14(18)19-10-20-15)16(21-23)26-12-6-4-3-5-7-12/h3-7,10-11H,2,8-9H2,1H3,(H2,18,19,20). The molecule has 134 valence electrons. The number of hydrogen-bond acceptors (Lipinski definition) is 7. The van der Waals surface area contributed by atoms with Crippen LogP contribution in [0, 0.1) is 0 Å². The zero-order valence-electron chi connectivity index (χ0n) is 14.2. The molecule has 0 radical (unpaired) electrons. The molecule has 1 aliphatic heterocycles. The molecule has 0 spiro atoms. The third-order valence-electron chi connectivity index (χ3n) is 4.18. The van der Waals surface area contributed by atoms with Gasteiger partial charge in [-0.1, -0.05) is 30.0 Å². The highest BCUT2D eigenvalue weighted by Crippen LogP contribution is 2.36. The summed E-state index contributed by atoms with van der Waals surface area (Å²) in [7, 11) is 0. The van der Waals surface area contributed by atoms with E-state index in [1.165, 1.54) is 18.1 Å². The average Bonchev–Trinajstić information content (AvgIpc) is 2.94. The minimum Gasteiger partial charge on any atom is -0.450 e. The lowest BCUT2D eigenvalue weighted by atomic mass is 10.1. The number of carbonyl (C=O) groups excluding carboxylic acids is 1. The molecule has 0 bridgehead atoms. The molecular weight excluding hydrogens is 352 g/mol.